The SMILES string of the molecule is CC(C)(C)[N+]([O-])=Cc1ccc(O)cc1O. The zero-order valence-electron chi connectivity index (χ0n) is 9.06. The van der Waals surface area contributed by atoms with Crippen LogP contribution in [0.5, 0.6) is 11.5 Å². The maximum atomic E-state index is 11.6. The Kier molecular flexibility index (Phi) is 2.88. The smallest absolute Gasteiger partial charge is 0.186 e. The summed E-state index contributed by atoms with van der Waals surface area (Å²) < 4.78 is 0.763. The molecular weight excluding hydrogens is 194 g/mol. The first-order valence-electron chi connectivity index (χ1n) is 4.64. The van der Waals surface area contributed by atoms with Crippen molar-refractivity contribution in [1.29, 1.82) is 0 Å². The fourth-order valence-corrected chi connectivity index (χ4v) is 0.961. The van der Waals surface area contributed by atoms with Crippen molar-refractivity contribution < 1.29 is 15.0 Å². The molecule has 15 heavy (non-hydrogen) atoms. The van der Waals surface area contributed by atoms with Crippen LogP contribution in [-0.4, -0.2) is 26.7 Å². The number of aromatic hydroxyl groups is 2. The summed E-state index contributed by atoms with van der Waals surface area (Å²) in [6.45, 7) is 5.32. The molecule has 0 saturated carbocycles. The lowest BCUT2D eigenvalue weighted by Crippen LogP contribution is -2.29. The van der Waals surface area contributed by atoms with E-state index in [2.05, 4.69) is 0 Å². The van der Waals surface area contributed by atoms with Crippen LogP contribution in [0.4, 0.5) is 0 Å². The number of hydrogen-bond acceptors (Lipinski definition) is 3. The maximum absolute atomic E-state index is 11.6. The molecule has 0 aliphatic heterocycles. The van der Waals surface area contributed by atoms with Crippen molar-refractivity contribution in [2.75, 3.05) is 0 Å². The summed E-state index contributed by atoms with van der Waals surface area (Å²) in [6, 6.07) is 4.10. The van der Waals surface area contributed by atoms with Crippen molar-refractivity contribution >= 4 is 6.21 Å². The molecule has 0 amide bonds. The van der Waals surface area contributed by atoms with E-state index >= 15 is 0 Å². The molecule has 0 unspecified atom stereocenters. The molecule has 0 saturated heterocycles. The van der Waals surface area contributed by atoms with E-state index in [0.717, 1.165) is 4.74 Å². The summed E-state index contributed by atoms with van der Waals surface area (Å²) in [5.41, 5.74) is -0.164. The minimum absolute atomic E-state index is 0.0298. The van der Waals surface area contributed by atoms with Crippen LogP contribution < -0.4 is 0 Å². The highest BCUT2D eigenvalue weighted by Gasteiger charge is 2.18. The first kappa shape index (κ1) is 11.4. The minimum Gasteiger partial charge on any atom is -0.623 e. The van der Waals surface area contributed by atoms with Gasteiger partial charge in [-0.1, -0.05) is 0 Å². The van der Waals surface area contributed by atoms with Gasteiger partial charge in [-0.2, -0.15) is 0 Å². The van der Waals surface area contributed by atoms with Crippen molar-refractivity contribution in [2.24, 2.45) is 0 Å². The van der Waals surface area contributed by atoms with Crippen molar-refractivity contribution in [3.8, 4) is 11.5 Å². The molecule has 1 aromatic carbocycles. The predicted octanol–water partition coefficient (Wildman–Crippen LogP) is 1.83. The van der Waals surface area contributed by atoms with Crippen LogP contribution in [0.15, 0.2) is 18.2 Å². The van der Waals surface area contributed by atoms with E-state index in [0.29, 0.717) is 5.56 Å². The number of hydroxylamine groups is 1. The van der Waals surface area contributed by atoms with Gasteiger partial charge in [-0.15, -0.1) is 0 Å². The van der Waals surface area contributed by atoms with Crippen molar-refractivity contribution in [3.05, 3.63) is 29.0 Å². The van der Waals surface area contributed by atoms with Gasteiger partial charge in [0.2, 0.25) is 0 Å². The van der Waals surface area contributed by atoms with Gasteiger partial charge in [0.25, 0.3) is 0 Å². The fourth-order valence-electron chi connectivity index (χ4n) is 0.961. The third kappa shape index (κ3) is 2.87. The molecule has 4 heteroatoms. The number of hydrogen-bond donors (Lipinski definition) is 2. The largest absolute Gasteiger partial charge is 0.623 e. The van der Waals surface area contributed by atoms with Gasteiger partial charge in [0.05, 0.1) is 5.56 Å². The molecule has 1 rings (SSSR count). The van der Waals surface area contributed by atoms with E-state index in [1.54, 1.807) is 20.8 Å². The summed E-state index contributed by atoms with van der Waals surface area (Å²) in [4.78, 5) is 0. The molecule has 0 aliphatic carbocycles. The highest BCUT2D eigenvalue weighted by atomic mass is 16.5. The third-order valence-electron chi connectivity index (χ3n) is 1.93. The van der Waals surface area contributed by atoms with Gasteiger partial charge in [-0.3, -0.25) is 0 Å². The molecular formula is C11H15NO3. The molecule has 0 radical (unpaired) electrons. The Hall–Kier alpha value is -1.71. The number of benzene rings is 1. The van der Waals surface area contributed by atoms with Gasteiger partial charge in [0.1, 0.15) is 11.5 Å². The lowest BCUT2D eigenvalue weighted by molar-refractivity contribution is -0.530. The lowest BCUT2D eigenvalue weighted by atomic mass is 10.1. The monoisotopic (exact) mass is 209 g/mol. The quantitative estimate of drug-likeness (QED) is 0.321. The van der Waals surface area contributed by atoms with Crippen molar-refractivity contribution in [2.45, 2.75) is 26.3 Å². The Bertz CT molecular complexity index is 391. The topological polar surface area (TPSA) is 66.5 Å². The van der Waals surface area contributed by atoms with Crippen molar-refractivity contribution in [1.82, 2.24) is 0 Å². The van der Waals surface area contributed by atoms with Crippen LogP contribution in [0.2, 0.25) is 0 Å². The normalized spacial score (nSPS) is 12.9. The molecule has 0 bridgehead atoms. The molecule has 0 fully saturated rings. The predicted molar refractivity (Wildman–Crippen MR) is 58.3 cm³/mol. The molecule has 1 aromatic rings. The van der Waals surface area contributed by atoms with E-state index in [9.17, 15) is 10.3 Å². The van der Waals surface area contributed by atoms with E-state index in [-0.39, 0.29) is 11.5 Å². The molecule has 82 valence electrons. The van der Waals surface area contributed by atoms with Gasteiger partial charge in [0.15, 0.2) is 11.8 Å². The Balaban J connectivity index is 3.09. The first-order chi connectivity index (χ1) is 6.80. The Labute approximate surface area is 88.7 Å². The molecule has 0 aromatic heterocycles. The van der Waals surface area contributed by atoms with Gasteiger partial charge < -0.3 is 15.4 Å². The molecule has 0 spiro atoms. The second kappa shape index (κ2) is 3.81. The average Bonchev–Trinajstić information content (AvgIpc) is 2.08. The van der Waals surface area contributed by atoms with Crippen LogP contribution in [0.3, 0.4) is 0 Å². The van der Waals surface area contributed by atoms with Crippen LogP contribution in [0.1, 0.15) is 26.3 Å². The molecule has 2 N–H and O–H groups in total. The molecule has 0 aliphatic rings. The molecule has 0 atom stereocenters. The fraction of sp³-hybridized carbons (Fsp3) is 0.364. The number of rotatable bonds is 1. The Morgan fingerprint density at radius 3 is 2.33 bits per heavy atom. The molecule has 0 heterocycles. The zero-order valence-corrected chi connectivity index (χ0v) is 9.06. The third-order valence-corrected chi connectivity index (χ3v) is 1.93. The van der Waals surface area contributed by atoms with Crippen LogP contribution in [0.25, 0.3) is 0 Å². The maximum Gasteiger partial charge on any atom is 0.186 e. The summed E-state index contributed by atoms with van der Waals surface area (Å²) in [7, 11) is 0. The van der Waals surface area contributed by atoms with E-state index in [1.807, 2.05) is 0 Å². The lowest BCUT2D eigenvalue weighted by Gasteiger charge is -2.18. The van der Waals surface area contributed by atoms with Gasteiger partial charge in [-0.05, 0) is 12.1 Å². The second-order valence-corrected chi connectivity index (χ2v) is 4.37. The highest BCUT2D eigenvalue weighted by molar-refractivity contribution is 5.80. The number of phenols is 2. The summed E-state index contributed by atoms with van der Waals surface area (Å²) >= 11 is 0. The zero-order chi connectivity index (χ0) is 11.6. The second-order valence-electron chi connectivity index (χ2n) is 4.37. The van der Waals surface area contributed by atoms with E-state index in [4.69, 9.17) is 5.11 Å². The van der Waals surface area contributed by atoms with Crippen LogP contribution >= 0.6 is 0 Å². The average molecular weight is 209 g/mol. The summed E-state index contributed by atoms with van der Waals surface area (Å²) in [6.07, 6.45) is 1.30. The van der Waals surface area contributed by atoms with Crippen LogP contribution in [0, 0.1) is 5.21 Å². The van der Waals surface area contributed by atoms with E-state index < -0.39 is 5.54 Å². The van der Waals surface area contributed by atoms with Gasteiger partial charge in [0, 0.05) is 26.8 Å². The van der Waals surface area contributed by atoms with Gasteiger partial charge in [-0.25, -0.2) is 4.74 Å². The first-order valence-corrected chi connectivity index (χ1v) is 4.64. The Morgan fingerprint density at radius 2 is 1.87 bits per heavy atom. The highest BCUT2D eigenvalue weighted by Crippen LogP contribution is 2.21. The molecule has 4 nitrogen and oxygen atoms in total. The summed E-state index contributed by atoms with van der Waals surface area (Å²) in [5.74, 6) is -0.141. The standard InChI is InChI=1S/C11H15NO3/c1-11(2,3)12(15)7-8-4-5-9(13)6-10(8)14/h4-7,13-14H,1-3H3. The number of phenolic OH excluding ortho intramolecular Hbond substituents is 2. The minimum atomic E-state index is -0.551. The summed E-state index contributed by atoms with van der Waals surface area (Å²) in [5, 5.41) is 30.1. The van der Waals surface area contributed by atoms with E-state index in [1.165, 1.54) is 24.4 Å². The van der Waals surface area contributed by atoms with Crippen molar-refractivity contribution in [3.63, 3.8) is 0 Å². The Morgan fingerprint density at radius 1 is 1.27 bits per heavy atom. The number of nitrogens with zero attached hydrogens (tertiary/aromatic N) is 1. The van der Waals surface area contributed by atoms with Gasteiger partial charge >= 0.3 is 0 Å². The van der Waals surface area contributed by atoms with Crippen LogP contribution in [-0.2, 0) is 0 Å².